The molecule has 0 aliphatic heterocycles. The maximum absolute atomic E-state index is 11.4. The Morgan fingerprint density at radius 2 is 1.02 bits per heavy atom. The second-order valence-electron chi connectivity index (χ2n) is 10.8. The van der Waals surface area contributed by atoms with Crippen LogP contribution >= 0.6 is 0 Å². The molecule has 7 heteroatoms. The molecule has 0 saturated carbocycles. The van der Waals surface area contributed by atoms with E-state index in [1.54, 1.807) is 18.2 Å². The number of carboxylic acid groups (broad SMARTS) is 2. The number of carboxylic acids is 2. The van der Waals surface area contributed by atoms with Gasteiger partial charge in [0, 0.05) is 0 Å². The van der Waals surface area contributed by atoms with Crippen LogP contribution in [0.4, 0.5) is 0 Å². The molecule has 0 bridgehead atoms. The van der Waals surface area contributed by atoms with Gasteiger partial charge in [0.15, 0.2) is 0 Å². The second-order valence-corrected chi connectivity index (χ2v) is 10.8. The number of aromatic carboxylic acids is 2. The average Bonchev–Trinajstić information content (AvgIpc) is 2.91. The minimum atomic E-state index is -1.28. The number of hydrogen-bond acceptors (Lipinski definition) is 5. The smallest absolute Gasteiger partial charge is 0.872 e. The van der Waals surface area contributed by atoms with E-state index in [0.717, 1.165) is 49.3 Å². The van der Waals surface area contributed by atoms with E-state index < -0.39 is 11.9 Å². The van der Waals surface area contributed by atoms with Gasteiger partial charge < -0.3 is 25.2 Å². The van der Waals surface area contributed by atoms with Gasteiger partial charge in [-0.2, -0.15) is 0 Å². The molecule has 0 amide bonds. The van der Waals surface area contributed by atoms with Crippen LogP contribution in [0.2, 0.25) is 0 Å². The van der Waals surface area contributed by atoms with Crippen molar-refractivity contribution in [1.29, 1.82) is 0 Å². The molecule has 2 aromatic carbocycles. The summed E-state index contributed by atoms with van der Waals surface area (Å²) in [5.41, 5.74) is 1.88. The molecule has 2 aromatic rings. The number of aryl methyl sites for hydroxylation is 2. The van der Waals surface area contributed by atoms with Crippen LogP contribution < -0.4 is 10.2 Å². The topological polar surface area (TPSA) is 121 Å². The molecule has 224 valence electrons. The summed E-state index contributed by atoms with van der Waals surface area (Å²) in [6.07, 6.45) is 21.5. The Hall–Kier alpha value is -1.76. The third-order valence-corrected chi connectivity index (χ3v) is 7.06. The Kier molecular flexibility index (Phi) is 23.7. The van der Waals surface area contributed by atoms with E-state index in [9.17, 15) is 24.9 Å². The number of unbranched alkanes of at least 4 members (excludes halogenated alkanes) is 14. The molecule has 0 radical (unpaired) electrons. The number of rotatable bonds is 20. The van der Waals surface area contributed by atoms with Gasteiger partial charge >= 0.3 is 43.7 Å². The van der Waals surface area contributed by atoms with Gasteiger partial charge in [-0.25, -0.2) is 4.79 Å². The van der Waals surface area contributed by atoms with Crippen LogP contribution in [0, 0.1) is 0 Å². The van der Waals surface area contributed by atoms with Crippen molar-refractivity contribution in [3.63, 3.8) is 0 Å². The predicted octanol–water partition coefficient (Wildman–Crippen LogP) is 7.20. The van der Waals surface area contributed by atoms with Crippen molar-refractivity contribution >= 4 is 49.7 Å². The van der Waals surface area contributed by atoms with Crippen LogP contribution in [0.15, 0.2) is 36.4 Å². The largest absolute Gasteiger partial charge is 2.00 e. The van der Waals surface area contributed by atoms with Crippen molar-refractivity contribution in [3.8, 4) is 11.5 Å². The fourth-order valence-electron chi connectivity index (χ4n) is 4.79. The average molecular weight is 595 g/mol. The number of carbonyl (C=O) groups excluding carboxylic acids is 1. The molecule has 41 heavy (non-hydrogen) atoms. The van der Waals surface area contributed by atoms with Crippen LogP contribution in [0.3, 0.4) is 0 Å². The number of aromatic hydroxyl groups is 1. The Labute approximate surface area is 277 Å². The molecule has 0 fully saturated rings. The standard InChI is InChI=1S/2C17H26O3.Ca/c2*1-2-3-4-5-6-7-8-9-10-14-11-15(17(19)20)13-16(18)12-14;/h2*11-13,18H,2-10H2,1H3,(H,19,20);/q;;+2/p-2. The summed E-state index contributed by atoms with van der Waals surface area (Å²) in [5.74, 6) is -2.47. The molecule has 2 rings (SSSR count). The molecule has 0 unspecified atom stereocenters. The molecule has 2 N–H and O–H groups in total. The van der Waals surface area contributed by atoms with Crippen molar-refractivity contribution in [3.05, 3.63) is 58.7 Å². The molecule has 0 atom stereocenters. The van der Waals surface area contributed by atoms with Crippen LogP contribution in [0.1, 0.15) is 148 Å². The first-order valence-corrected chi connectivity index (χ1v) is 15.3. The van der Waals surface area contributed by atoms with Crippen molar-refractivity contribution < 1.29 is 30.0 Å². The third-order valence-electron chi connectivity index (χ3n) is 7.06. The van der Waals surface area contributed by atoms with Crippen molar-refractivity contribution in [2.75, 3.05) is 0 Å². The summed E-state index contributed by atoms with van der Waals surface area (Å²) >= 11 is 0. The summed E-state index contributed by atoms with van der Waals surface area (Å²) in [6.45, 7) is 4.44. The van der Waals surface area contributed by atoms with E-state index in [1.807, 2.05) is 0 Å². The number of carbonyl (C=O) groups is 2. The van der Waals surface area contributed by atoms with E-state index in [1.165, 1.54) is 95.6 Å². The maximum atomic E-state index is 11.4. The van der Waals surface area contributed by atoms with Crippen molar-refractivity contribution in [2.24, 2.45) is 0 Å². The van der Waals surface area contributed by atoms with Crippen molar-refractivity contribution in [2.45, 2.75) is 129 Å². The zero-order chi connectivity index (χ0) is 29.6. The quantitative estimate of drug-likeness (QED) is 0.124. The van der Waals surface area contributed by atoms with Gasteiger partial charge in [-0.3, -0.25) is 0 Å². The van der Waals surface area contributed by atoms with Gasteiger partial charge in [-0.1, -0.05) is 116 Å². The van der Waals surface area contributed by atoms with Gasteiger partial charge in [-0.05, 0) is 66.6 Å². The Bertz CT molecular complexity index is 912. The normalized spacial score (nSPS) is 10.4. The fourth-order valence-corrected chi connectivity index (χ4v) is 4.79. The Morgan fingerprint density at radius 1 is 0.610 bits per heavy atom. The summed E-state index contributed by atoms with van der Waals surface area (Å²) < 4.78 is 0. The zero-order valence-electron chi connectivity index (χ0n) is 25.4. The van der Waals surface area contributed by atoms with Crippen molar-refractivity contribution in [1.82, 2.24) is 0 Å². The number of phenolic OH excluding ortho intramolecular Hbond substituents is 1. The van der Waals surface area contributed by atoms with E-state index in [0.29, 0.717) is 0 Å². The molecule has 0 heterocycles. The first kappa shape index (κ1) is 39.2. The molecule has 0 aromatic heterocycles. The van der Waals surface area contributed by atoms with Crippen LogP contribution in [-0.2, 0) is 12.8 Å². The van der Waals surface area contributed by atoms with E-state index in [2.05, 4.69) is 13.8 Å². The maximum Gasteiger partial charge on any atom is 2.00 e. The van der Waals surface area contributed by atoms with E-state index in [4.69, 9.17) is 5.11 Å². The summed E-state index contributed by atoms with van der Waals surface area (Å²) in [5, 5.41) is 40.6. The SMILES string of the molecule is CCCCCCCCCCc1cc(O)cc(C(=O)O)c1.CCCCCCCCCCc1cc([O-])cc(C(=O)[O-])c1.[Ca+2]. The predicted molar refractivity (Wildman–Crippen MR) is 164 cm³/mol. The van der Waals surface area contributed by atoms with Crippen LogP contribution in [0.5, 0.6) is 11.5 Å². The monoisotopic (exact) mass is 594 g/mol. The minimum Gasteiger partial charge on any atom is -0.872 e. The molecule has 0 spiro atoms. The van der Waals surface area contributed by atoms with Gasteiger partial charge in [-0.15, -0.1) is 5.75 Å². The number of hydrogen-bond donors (Lipinski definition) is 2. The van der Waals surface area contributed by atoms with Gasteiger partial charge in [0.1, 0.15) is 5.75 Å². The molecule has 0 saturated heterocycles. The fraction of sp³-hybridized carbons (Fsp3) is 0.588. The van der Waals surface area contributed by atoms with Gasteiger partial charge in [0.05, 0.1) is 11.5 Å². The first-order chi connectivity index (χ1) is 19.3. The molecule has 0 aliphatic carbocycles. The van der Waals surface area contributed by atoms with Crippen LogP contribution in [-0.4, -0.2) is 59.9 Å². The Balaban J connectivity index is 0.000000762. The summed E-state index contributed by atoms with van der Waals surface area (Å²) in [6, 6.07) is 8.80. The first-order valence-electron chi connectivity index (χ1n) is 15.3. The minimum absolute atomic E-state index is 0. The van der Waals surface area contributed by atoms with E-state index >= 15 is 0 Å². The number of phenols is 1. The summed E-state index contributed by atoms with van der Waals surface area (Å²) in [4.78, 5) is 21.7. The van der Waals surface area contributed by atoms with Crippen LogP contribution in [0.25, 0.3) is 0 Å². The molecule has 0 aliphatic rings. The van der Waals surface area contributed by atoms with E-state index in [-0.39, 0.29) is 60.4 Å². The second kappa shape index (κ2) is 24.8. The van der Waals surface area contributed by atoms with Gasteiger partial charge in [0.25, 0.3) is 0 Å². The third kappa shape index (κ3) is 19.9. The molecule has 6 nitrogen and oxygen atoms in total. The molecular formula is C34H50CaO6. The number of benzene rings is 2. The Morgan fingerprint density at radius 3 is 1.46 bits per heavy atom. The van der Waals surface area contributed by atoms with Gasteiger partial charge in [0.2, 0.25) is 0 Å². The molecular weight excluding hydrogens is 544 g/mol. The summed E-state index contributed by atoms with van der Waals surface area (Å²) in [7, 11) is 0. The zero-order valence-corrected chi connectivity index (χ0v) is 27.6.